The highest BCUT2D eigenvalue weighted by Gasteiger charge is 2.31. The first-order chi connectivity index (χ1) is 12.8. The van der Waals surface area contributed by atoms with Gasteiger partial charge in [-0.15, -0.1) is 13.2 Å². The van der Waals surface area contributed by atoms with Gasteiger partial charge in [0.1, 0.15) is 11.6 Å². The predicted molar refractivity (Wildman–Crippen MR) is 96.0 cm³/mol. The maximum atomic E-state index is 12.3. The molecule has 0 aliphatic heterocycles. The van der Waals surface area contributed by atoms with E-state index in [0.717, 1.165) is 5.56 Å². The Morgan fingerprint density at radius 1 is 1.07 bits per heavy atom. The lowest BCUT2D eigenvalue weighted by Gasteiger charge is -2.14. The van der Waals surface area contributed by atoms with Crippen molar-refractivity contribution in [3.05, 3.63) is 54.4 Å². The second kappa shape index (κ2) is 7.48. The van der Waals surface area contributed by atoms with E-state index in [1.54, 1.807) is 38.5 Å². The summed E-state index contributed by atoms with van der Waals surface area (Å²) < 4.78 is 41.0. The predicted octanol–water partition coefficient (Wildman–Crippen LogP) is 4.53. The van der Waals surface area contributed by atoms with Crippen LogP contribution < -0.4 is 15.4 Å². The minimum absolute atomic E-state index is 0.278. The Balaban J connectivity index is 1.89. The standard InChI is InChI=1S/C18H16F3N5O/c1-11-8-13(27-18(19,20)21)5-6-14(11)24-16-9-15(25-17(22-2)26-16)12-4-3-7-23-10-12/h3-10H,1-2H3,(H2,22,24,25,26). The van der Waals surface area contributed by atoms with Crippen LogP contribution in [0.25, 0.3) is 11.3 Å². The highest BCUT2D eigenvalue weighted by Crippen LogP contribution is 2.29. The molecule has 0 atom stereocenters. The third kappa shape index (κ3) is 4.84. The fourth-order valence-corrected chi connectivity index (χ4v) is 2.40. The number of rotatable bonds is 5. The maximum absolute atomic E-state index is 12.3. The number of alkyl halides is 3. The van der Waals surface area contributed by atoms with Crippen LogP contribution in [-0.4, -0.2) is 28.4 Å². The smallest absolute Gasteiger partial charge is 0.406 e. The van der Waals surface area contributed by atoms with E-state index in [1.807, 2.05) is 6.07 Å². The summed E-state index contributed by atoms with van der Waals surface area (Å²) in [6.45, 7) is 1.67. The van der Waals surface area contributed by atoms with Gasteiger partial charge in [-0.1, -0.05) is 0 Å². The van der Waals surface area contributed by atoms with E-state index >= 15 is 0 Å². The molecule has 0 radical (unpaired) electrons. The number of halogens is 3. The van der Waals surface area contributed by atoms with E-state index in [0.29, 0.717) is 28.7 Å². The summed E-state index contributed by atoms with van der Waals surface area (Å²) in [5.41, 5.74) is 2.64. The first kappa shape index (κ1) is 18.4. The van der Waals surface area contributed by atoms with E-state index in [4.69, 9.17) is 0 Å². The van der Waals surface area contributed by atoms with Crippen molar-refractivity contribution in [2.24, 2.45) is 0 Å². The molecule has 0 spiro atoms. The molecule has 27 heavy (non-hydrogen) atoms. The topological polar surface area (TPSA) is 72.0 Å². The Labute approximate surface area is 153 Å². The van der Waals surface area contributed by atoms with E-state index in [9.17, 15) is 13.2 Å². The molecule has 9 heteroatoms. The molecular weight excluding hydrogens is 359 g/mol. The Bertz CT molecular complexity index is 932. The van der Waals surface area contributed by atoms with Gasteiger partial charge in [-0.05, 0) is 42.8 Å². The summed E-state index contributed by atoms with van der Waals surface area (Å²) in [6.07, 6.45) is -1.38. The molecule has 3 rings (SSSR count). The van der Waals surface area contributed by atoms with Crippen molar-refractivity contribution in [1.29, 1.82) is 0 Å². The zero-order valence-electron chi connectivity index (χ0n) is 14.5. The first-order valence-corrected chi connectivity index (χ1v) is 7.95. The molecule has 2 N–H and O–H groups in total. The molecule has 6 nitrogen and oxygen atoms in total. The van der Waals surface area contributed by atoms with Crippen molar-refractivity contribution < 1.29 is 17.9 Å². The van der Waals surface area contributed by atoms with E-state index in [1.165, 1.54) is 18.2 Å². The normalized spacial score (nSPS) is 11.1. The summed E-state index contributed by atoms with van der Waals surface area (Å²) in [7, 11) is 1.70. The van der Waals surface area contributed by atoms with E-state index < -0.39 is 6.36 Å². The van der Waals surface area contributed by atoms with Crippen LogP contribution in [-0.2, 0) is 0 Å². The first-order valence-electron chi connectivity index (χ1n) is 7.95. The Kier molecular flexibility index (Phi) is 5.11. The van der Waals surface area contributed by atoms with Crippen molar-refractivity contribution in [2.45, 2.75) is 13.3 Å². The SMILES string of the molecule is CNc1nc(Nc2ccc(OC(F)(F)F)cc2C)cc(-c2cccnc2)n1. The number of nitrogens with zero attached hydrogens (tertiary/aromatic N) is 3. The molecule has 0 aliphatic carbocycles. The lowest BCUT2D eigenvalue weighted by atomic mass is 10.2. The van der Waals surface area contributed by atoms with Gasteiger partial charge in [0.05, 0.1) is 5.69 Å². The highest BCUT2D eigenvalue weighted by molar-refractivity contribution is 5.68. The molecule has 0 unspecified atom stereocenters. The minimum atomic E-state index is -4.73. The van der Waals surface area contributed by atoms with Gasteiger partial charge in [-0.2, -0.15) is 4.98 Å². The van der Waals surface area contributed by atoms with Crippen LogP contribution in [0, 0.1) is 6.92 Å². The van der Waals surface area contributed by atoms with Crippen LogP contribution in [0.15, 0.2) is 48.8 Å². The fraction of sp³-hybridized carbons (Fsp3) is 0.167. The molecule has 0 bridgehead atoms. The van der Waals surface area contributed by atoms with Crippen molar-refractivity contribution in [2.75, 3.05) is 17.7 Å². The average Bonchev–Trinajstić information content (AvgIpc) is 2.63. The molecule has 2 heterocycles. The maximum Gasteiger partial charge on any atom is 0.573 e. The van der Waals surface area contributed by atoms with Gasteiger partial charge in [-0.3, -0.25) is 4.98 Å². The number of ether oxygens (including phenoxy) is 1. The van der Waals surface area contributed by atoms with Gasteiger partial charge >= 0.3 is 6.36 Å². The third-order valence-electron chi connectivity index (χ3n) is 3.60. The second-order valence-corrected chi connectivity index (χ2v) is 5.60. The number of pyridine rings is 1. The van der Waals surface area contributed by atoms with E-state index in [-0.39, 0.29) is 5.75 Å². The van der Waals surface area contributed by atoms with E-state index in [2.05, 4.69) is 30.3 Å². The number of benzene rings is 1. The number of hydrogen-bond donors (Lipinski definition) is 2. The quantitative estimate of drug-likeness (QED) is 0.683. The number of nitrogens with one attached hydrogen (secondary N) is 2. The summed E-state index contributed by atoms with van der Waals surface area (Å²) >= 11 is 0. The van der Waals surface area contributed by atoms with Gasteiger partial charge in [0, 0.05) is 36.8 Å². The fourth-order valence-electron chi connectivity index (χ4n) is 2.40. The summed E-state index contributed by atoms with van der Waals surface area (Å²) in [4.78, 5) is 12.8. The van der Waals surface area contributed by atoms with Crippen LogP contribution in [0.4, 0.5) is 30.6 Å². The van der Waals surface area contributed by atoms with Gasteiger partial charge in [0.15, 0.2) is 0 Å². The van der Waals surface area contributed by atoms with Gasteiger partial charge in [0.2, 0.25) is 5.95 Å². The third-order valence-corrected chi connectivity index (χ3v) is 3.60. The van der Waals surface area contributed by atoms with Crippen molar-refractivity contribution >= 4 is 17.5 Å². The summed E-state index contributed by atoms with van der Waals surface area (Å²) in [5.74, 6) is 0.606. The number of anilines is 3. The summed E-state index contributed by atoms with van der Waals surface area (Å²) in [6, 6.07) is 9.45. The average molecular weight is 375 g/mol. The van der Waals surface area contributed by atoms with Crippen molar-refractivity contribution in [1.82, 2.24) is 15.0 Å². The molecular formula is C18H16F3N5O. The van der Waals surface area contributed by atoms with Gasteiger partial charge < -0.3 is 15.4 Å². The van der Waals surface area contributed by atoms with Crippen molar-refractivity contribution in [3.63, 3.8) is 0 Å². The summed E-state index contributed by atoms with van der Waals surface area (Å²) in [5, 5.41) is 5.98. The number of hydrogen-bond acceptors (Lipinski definition) is 6. The lowest BCUT2D eigenvalue weighted by Crippen LogP contribution is -2.17. The molecule has 2 aromatic heterocycles. The molecule has 0 saturated carbocycles. The molecule has 140 valence electrons. The lowest BCUT2D eigenvalue weighted by molar-refractivity contribution is -0.274. The molecule has 1 aromatic carbocycles. The van der Waals surface area contributed by atoms with Crippen LogP contribution in [0.5, 0.6) is 5.75 Å². The second-order valence-electron chi connectivity index (χ2n) is 5.60. The molecule has 0 saturated heterocycles. The van der Waals surface area contributed by atoms with Crippen LogP contribution in [0.2, 0.25) is 0 Å². The number of aromatic nitrogens is 3. The minimum Gasteiger partial charge on any atom is -0.406 e. The van der Waals surface area contributed by atoms with Crippen LogP contribution in [0.3, 0.4) is 0 Å². The Hall–Kier alpha value is -3.36. The molecule has 3 aromatic rings. The highest BCUT2D eigenvalue weighted by atomic mass is 19.4. The zero-order chi connectivity index (χ0) is 19.4. The molecule has 0 amide bonds. The Morgan fingerprint density at radius 2 is 1.89 bits per heavy atom. The van der Waals surface area contributed by atoms with Gasteiger partial charge in [0.25, 0.3) is 0 Å². The van der Waals surface area contributed by atoms with Crippen LogP contribution in [0.1, 0.15) is 5.56 Å². The molecule has 0 aliphatic rings. The Morgan fingerprint density at radius 3 is 2.52 bits per heavy atom. The van der Waals surface area contributed by atoms with Crippen LogP contribution >= 0.6 is 0 Å². The molecule has 0 fully saturated rings. The zero-order valence-corrected chi connectivity index (χ0v) is 14.5. The van der Waals surface area contributed by atoms with Crippen molar-refractivity contribution in [3.8, 4) is 17.0 Å². The number of aryl methyl sites for hydroxylation is 1. The largest absolute Gasteiger partial charge is 0.573 e. The monoisotopic (exact) mass is 375 g/mol. The van der Waals surface area contributed by atoms with Gasteiger partial charge in [-0.25, -0.2) is 4.98 Å².